The quantitative estimate of drug-likeness (QED) is 0.276. The van der Waals surface area contributed by atoms with Gasteiger partial charge in [-0.2, -0.15) is 0 Å². The lowest BCUT2D eigenvalue weighted by Gasteiger charge is -2.31. The van der Waals surface area contributed by atoms with Crippen molar-refractivity contribution in [2.45, 2.75) is 66.0 Å². The van der Waals surface area contributed by atoms with E-state index in [4.69, 9.17) is 4.98 Å². The second-order valence-electron chi connectivity index (χ2n) is 10.1. The molecule has 0 atom stereocenters. The van der Waals surface area contributed by atoms with Crippen LogP contribution in [0, 0.1) is 0 Å². The fourth-order valence-electron chi connectivity index (χ4n) is 4.36. The van der Waals surface area contributed by atoms with Crippen molar-refractivity contribution in [3.8, 4) is 0 Å². The number of piperidine rings is 1. The Morgan fingerprint density at radius 3 is 2.64 bits per heavy atom. The van der Waals surface area contributed by atoms with Gasteiger partial charge in [-0.25, -0.2) is 9.98 Å². The number of amidine groups is 1. The van der Waals surface area contributed by atoms with Gasteiger partial charge in [0.15, 0.2) is 0 Å². The average molecular weight is 493 g/mol. The molecule has 0 spiro atoms. The molecule has 0 bridgehead atoms. The zero-order chi connectivity index (χ0) is 26.3. The van der Waals surface area contributed by atoms with Crippen molar-refractivity contribution in [3.05, 3.63) is 64.9 Å². The first-order chi connectivity index (χ1) is 17.1. The van der Waals surface area contributed by atoms with E-state index in [-0.39, 0.29) is 24.2 Å². The van der Waals surface area contributed by atoms with Crippen molar-refractivity contribution in [2.24, 2.45) is 4.99 Å². The van der Waals surface area contributed by atoms with Crippen molar-refractivity contribution < 1.29 is 5.11 Å². The molecule has 194 valence electrons. The zero-order valence-corrected chi connectivity index (χ0v) is 22.3. The third kappa shape index (κ3) is 7.07. The minimum absolute atomic E-state index is 0.110. The van der Waals surface area contributed by atoms with Crippen LogP contribution in [-0.4, -0.2) is 50.6 Å². The van der Waals surface area contributed by atoms with Crippen LogP contribution in [0.15, 0.2) is 64.3 Å². The molecule has 0 saturated carbocycles. The summed E-state index contributed by atoms with van der Waals surface area (Å²) in [6, 6.07) is 3.71. The topological polar surface area (TPSA) is 94.8 Å². The molecule has 8 nitrogen and oxygen atoms in total. The molecule has 0 aliphatic carbocycles. The standard InChI is InChI=1S/C28H40N6O2/c1-7-9-21-10-13-33(14-11-21)20(3)18-23(29-8-2)30-24-19-22-12-15-34(16-17-35)27(36)25(22)26(31-24)32-28(4,5)6/h8-9,12,15,18-19,35H,2,7,10-11,13-14,16-17H2,1,3-6H3,(H2,29,30,31,32)/b20-18+. The maximum atomic E-state index is 13.1. The van der Waals surface area contributed by atoms with Gasteiger partial charge in [0.25, 0.3) is 5.56 Å². The van der Waals surface area contributed by atoms with Gasteiger partial charge >= 0.3 is 0 Å². The molecule has 1 aliphatic heterocycles. The fraction of sp³-hybridized carbons (Fsp3) is 0.464. The zero-order valence-electron chi connectivity index (χ0n) is 22.3. The molecule has 3 N–H and O–H groups in total. The van der Waals surface area contributed by atoms with Crippen molar-refractivity contribution in [2.75, 3.05) is 30.3 Å². The average Bonchev–Trinajstić information content (AvgIpc) is 2.80. The normalized spacial score (nSPS) is 15.3. The minimum Gasteiger partial charge on any atom is -0.395 e. The lowest BCUT2D eigenvalue weighted by atomic mass is 10.0. The Balaban J connectivity index is 1.95. The van der Waals surface area contributed by atoms with Crippen molar-refractivity contribution >= 4 is 28.2 Å². The molecule has 2 aromatic rings. The first-order valence-electron chi connectivity index (χ1n) is 12.6. The van der Waals surface area contributed by atoms with Crippen LogP contribution in [0.4, 0.5) is 11.6 Å². The number of hydrogen-bond donors (Lipinski definition) is 3. The Kier molecular flexibility index (Phi) is 9.09. The number of aliphatic hydroxyl groups excluding tert-OH is 1. The molecule has 36 heavy (non-hydrogen) atoms. The predicted octanol–water partition coefficient (Wildman–Crippen LogP) is 4.89. The van der Waals surface area contributed by atoms with Crippen LogP contribution in [0.3, 0.4) is 0 Å². The molecule has 3 heterocycles. The van der Waals surface area contributed by atoms with Crippen LogP contribution in [0.25, 0.3) is 10.8 Å². The van der Waals surface area contributed by atoms with Crippen LogP contribution in [0.5, 0.6) is 0 Å². The summed E-state index contributed by atoms with van der Waals surface area (Å²) in [6.07, 6.45) is 10.8. The summed E-state index contributed by atoms with van der Waals surface area (Å²) in [5, 5.41) is 17.3. The Morgan fingerprint density at radius 1 is 1.31 bits per heavy atom. The molecule has 8 heteroatoms. The van der Waals surface area contributed by atoms with E-state index in [0.29, 0.717) is 22.9 Å². The second-order valence-corrected chi connectivity index (χ2v) is 10.1. The highest BCUT2D eigenvalue weighted by atomic mass is 16.3. The van der Waals surface area contributed by atoms with E-state index in [2.05, 4.69) is 47.0 Å². The number of aliphatic hydroxyl groups is 1. The van der Waals surface area contributed by atoms with Gasteiger partial charge in [-0.3, -0.25) is 4.79 Å². The van der Waals surface area contributed by atoms with E-state index in [1.165, 1.54) is 16.3 Å². The fourth-order valence-corrected chi connectivity index (χ4v) is 4.36. The van der Waals surface area contributed by atoms with Gasteiger partial charge in [0.1, 0.15) is 17.5 Å². The molecule has 0 aromatic carbocycles. The molecule has 0 amide bonds. The molecule has 0 unspecified atom stereocenters. The first kappa shape index (κ1) is 27.2. The second kappa shape index (κ2) is 12.0. The van der Waals surface area contributed by atoms with Gasteiger partial charge in [0, 0.05) is 43.3 Å². The summed E-state index contributed by atoms with van der Waals surface area (Å²) >= 11 is 0. The summed E-state index contributed by atoms with van der Waals surface area (Å²) in [7, 11) is 0. The number of nitrogens with one attached hydrogen (secondary N) is 2. The lowest BCUT2D eigenvalue weighted by Crippen LogP contribution is -2.30. The van der Waals surface area contributed by atoms with Gasteiger partial charge in [-0.15, -0.1) is 0 Å². The molecular weight excluding hydrogens is 452 g/mol. The van der Waals surface area contributed by atoms with Crippen LogP contribution in [0.2, 0.25) is 0 Å². The van der Waals surface area contributed by atoms with Crippen molar-refractivity contribution in [1.29, 1.82) is 0 Å². The van der Waals surface area contributed by atoms with E-state index in [1.54, 1.807) is 6.20 Å². The number of pyridine rings is 2. The van der Waals surface area contributed by atoms with E-state index < -0.39 is 0 Å². The number of fused-ring (bicyclic) bond motifs is 1. The third-order valence-electron chi connectivity index (χ3n) is 6.02. The Morgan fingerprint density at radius 2 is 2.03 bits per heavy atom. The van der Waals surface area contributed by atoms with Crippen molar-refractivity contribution in [1.82, 2.24) is 14.5 Å². The van der Waals surface area contributed by atoms with Crippen LogP contribution >= 0.6 is 0 Å². The summed E-state index contributed by atoms with van der Waals surface area (Å²) in [5.74, 6) is 1.69. The minimum atomic E-state index is -0.309. The third-order valence-corrected chi connectivity index (χ3v) is 6.02. The molecule has 2 aromatic heterocycles. The number of anilines is 2. The van der Waals surface area contributed by atoms with E-state index in [9.17, 15) is 9.90 Å². The monoisotopic (exact) mass is 492 g/mol. The Hall–Kier alpha value is -3.39. The van der Waals surface area contributed by atoms with Gasteiger partial charge in [0.05, 0.1) is 12.0 Å². The Bertz CT molecular complexity index is 1220. The SMILES string of the molecule is C=CN=C(/C=C(\C)N1CCC(=CCC)CC1)Nc1cc2ccn(CCO)c(=O)c2c(NC(C)(C)C)n1. The van der Waals surface area contributed by atoms with Gasteiger partial charge < -0.3 is 25.2 Å². The van der Waals surface area contributed by atoms with E-state index in [0.717, 1.165) is 43.4 Å². The van der Waals surface area contributed by atoms with Crippen LogP contribution in [0.1, 0.15) is 53.9 Å². The summed E-state index contributed by atoms with van der Waals surface area (Å²) < 4.78 is 1.50. The Labute approximate surface area is 214 Å². The van der Waals surface area contributed by atoms with Crippen LogP contribution in [-0.2, 0) is 6.54 Å². The maximum Gasteiger partial charge on any atom is 0.262 e. The molecular formula is C28H40N6O2. The number of likely N-dealkylation sites (tertiary alicyclic amines) is 1. The van der Waals surface area contributed by atoms with Gasteiger partial charge in [0.2, 0.25) is 0 Å². The summed E-state index contributed by atoms with van der Waals surface area (Å²) in [4.78, 5) is 24.7. The largest absolute Gasteiger partial charge is 0.395 e. The lowest BCUT2D eigenvalue weighted by molar-refractivity contribution is 0.274. The summed E-state index contributed by atoms with van der Waals surface area (Å²) in [5.41, 5.74) is 2.16. The van der Waals surface area contributed by atoms with E-state index >= 15 is 0 Å². The van der Waals surface area contributed by atoms with Gasteiger partial charge in [-0.05, 0) is 70.6 Å². The number of aliphatic imine (C=N–C) groups is 1. The number of hydrogen-bond acceptors (Lipinski definition) is 6. The van der Waals surface area contributed by atoms with Crippen molar-refractivity contribution in [3.63, 3.8) is 0 Å². The summed E-state index contributed by atoms with van der Waals surface area (Å²) in [6.45, 7) is 16.2. The highest BCUT2D eigenvalue weighted by molar-refractivity contribution is 6.05. The molecule has 0 radical (unpaired) electrons. The highest BCUT2D eigenvalue weighted by Crippen LogP contribution is 2.25. The number of rotatable bonds is 8. The first-order valence-corrected chi connectivity index (χ1v) is 12.6. The van der Waals surface area contributed by atoms with E-state index in [1.807, 2.05) is 39.0 Å². The number of allylic oxidation sites excluding steroid dienone is 2. The highest BCUT2D eigenvalue weighted by Gasteiger charge is 2.18. The predicted molar refractivity (Wildman–Crippen MR) is 151 cm³/mol. The molecule has 1 fully saturated rings. The maximum absolute atomic E-state index is 13.1. The van der Waals surface area contributed by atoms with Crippen LogP contribution < -0.4 is 16.2 Å². The van der Waals surface area contributed by atoms with Gasteiger partial charge in [-0.1, -0.05) is 25.2 Å². The number of nitrogens with zero attached hydrogens (tertiary/aromatic N) is 4. The molecule has 1 aliphatic rings. The number of aromatic nitrogens is 2. The molecule has 3 rings (SSSR count). The molecule has 1 saturated heterocycles. The smallest absolute Gasteiger partial charge is 0.262 e.